The first-order valence-electron chi connectivity index (χ1n) is 6.51. The van der Waals surface area contributed by atoms with E-state index in [9.17, 15) is 0 Å². The Hall–Kier alpha value is -2.09. The van der Waals surface area contributed by atoms with E-state index in [1.807, 2.05) is 30.3 Å². The van der Waals surface area contributed by atoms with Crippen molar-refractivity contribution in [2.24, 2.45) is 0 Å². The van der Waals surface area contributed by atoms with Crippen molar-refractivity contribution in [2.75, 3.05) is 14.2 Å². The standard InChI is InChI=1S/C16H13IN2O3/c1-20-14-7-12-13(8-15(14)21-2)18-9-19-16(12)22-11-5-3-10(17)4-6-11/h3-9H,1-2H3. The summed E-state index contributed by atoms with van der Waals surface area (Å²) in [5.74, 6) is 2.42. The molecule has 0 N–H and O–H groups in total. The fourth-order valence-electron chi connectivity index (χ4n) is 2.06. The van der Waals surface area contributed by atoms with Crippen LogP contribution < -0.4 is 14.2 Å². The summed E-state index contributed by atoms with van der Waals surface area (Å²) in [6.45, 7) is 0. The molecule has 1 aromatic heterocycles. The zero-order valence-corrected chi connectivity index (χ0v) is 14.2. The summed E-state index contributed by atoms with van der Waals surface area (Å²) < 4.78 is 17.6. The second-order valence-electron chi connectivity index (χ2n) is 4.46. The van der Waals surface area contributed by atoms with E-state index in [2.05, 4.69) is 32.6 Å². The molecular weight excluding hydrogens is 395 g/mol. The van der Waals surface area contributed by atoms with E-state index < -0.39 is 0 Å². The minimum absolute atomic E-state index is 0.479. The van der Waals surface area contributed by atoms with Gasteiger partial charge in [-0.15, -0.1) is 0 Å². The van der Waals surface area contributed by atoms with Crippen molar-refractivity contribution in [2.45, 2.75) is 0 Å². The second kappa shape index (κ2) is 6.35. The predicted octanol–water partition coefficient (Wildman–Crippen LogP) is 4.04. The zero-order chi connectivity index (χ0) is 15.5. The van der Waals surface area contributed by atoms with Crippen LogP contribution >= 0.6 is 22.6 Å². The third kappa shape index (κ3) is 2.92. The van der Waals surface area contributed by atoms with E-state index >= 15 is 0 Å². The summed E-state index contributed by atoms with van der Waals surface area (Å²) >= 11 is 2.25. The van der Waals surface area contributed by atoms with Gasteiger partial charge in [-0.05, 0) is 52.9 Å². The number of rotatable bonds is 4. The van der Waals surface area contributed by atoms with Gasteiger partial charge in [0.1, 0.15) is 12.1 Å². The van der Waals surface area contributed by atoms with E-state index in [1.54, 1.807) is 20.3 Å². The van der Waals surface area contributed by atoms with Crippen molar-refractivity contribution in [1.82, 2.24) is 9.97 Å². The first-order chi connectivity index (χ1) is 10.7. The smallest absolute Gasteiger partial charge is 0.230 e. The van der Waals surface area contributed by atoms with Crippen LogP contribution in [0.15, 0.2) is 42.7 Å². The van der Waals surface area contributed by atoms with Gasteiger partial charge in [0.25, 0.3) is 0 Å². The summed E-state index contributed by atoms with van der Waals surface area (Å²) in [7, 11) is 3.18. The number of fused-ring (bicyclic) bond motifs is 1. The zero-order valence-electron chi connectivity index (χ0n) is 12.0. The molecule has 0 aliphatic heterocycles. The van der Waals surface area contributed by atoms with Gasteiger partial charge < -0.3 is 14.2 Å². The SMILES string of the molecule is COc1cc2ncnc(Oc3ccc(I)cc3)c2cc1OC. The summed E-state index contributed by atoms with van der Waals surface area (Å²) in [6, 6.07) is 11.4. The first-order valence-corrected chi connectivity index (χ1v) is 7.59. The van der Waals surface area contributed by atoms with E-state index in [1.165, 1.54) is 6.33 Å². The number of benzene rings is 2. The molecule has 0 radical (unpaired) electrons. The summed E-state index contributed by atoms with van der Waals surface area (Å²) in [4.78, 5) is 8.48. The van der Waals surface area contributed by atoms with Crippen molar-refractivity contribution in [1.29, 1.82) is 0 Å². The third-order valence-corrected chi connectivity index (χ3v) is 3.85. The minimum atomic E-state index is 0.479. The molecule has 2 aromatic carbocycles. The fraction of sp³-hybridized carbons (Fsp3) is 0.125. The molecule has 3 rings (SSSR count). The molecule has 1 heterocycles. The highest BCUT2D eigenvalue weighted by atomic mass is 127. The van der Waals surface area contributed by atoms with Gasteiger partial charge in [0, 0.05) is 9.64 Å². The number of methoxy groups -OCH3 is 2. The maximum atomic E-state index is 5.87. The molecule has 0 aliphatic carbocycles. The molecule has 0 spiro atoms. The third-order valence-electron chi connectivity index (χ3n) is 3.13. The number of halogens is 1. The largest absolute Gasteiger partial charge is 0.493 e. The maximum absolute atomic E-state index is 5.87. The van der Waals surface area contributed by atoms with Gasteiger partial charge in [0.05, 0.1) is 25.1 Å². The number of nitrogens with zero attached hydrogens (tertiary/aromatic N) is 2. The van der Waals surface area contributed by atoms with Gasteiger partial charge >= 0.3 is 0 Å². The molecule has 0 atom stereocenters. The second-order valence-corrected chi connectivity index (χ2v) is 5.70. The van der Waals surface area contributed by atoms with Crippen molar-refractivity contribution >= 4 is 33.5 Å². The first kappa shape index (κ1) is 14.8. The number of hydrogen-bond acceptors (Lipinski definition) is 5. The van der Waals surface area contributed by atoms with Crippen LogP contribution in [0, 0.1) is 3.57 Å². The Labute approximate surface area is 141 Å². The Bertz CT molecular complexity index is 806. The molecule has 6 heteroatoms. The lowest BCUT2D eigenvalue weighted by atomic mass is 10.2. The van der Waals surface area contributed by atoms with Crippen LogP contribution in [0.25, 0.3) is 10.9 Å². The summed E-state index contributed by atoms with van der Waals surface area (Å²) in [5, 5.41) is 0.763. The van der Waals surface area contributed by atoms with Gasteiger partial charge in [-0.2, -0.15) is 0 Å². The van der Waals surface area contributed by atoms with E-state index in [0.29, 0.717) is 17.4 Å². The molecule has 3 aromatic rings. The van der Waals surface area contributed by atoms with Gasteiger partial charge in [0.2, 0.25) is 5.88 Å². The number of aromatic nitrogens is 2. The average Bonchev–Trinajstić information content (AvgIpc) is 2.56. The minimum Gasteiger partial charge on any atom is -0.493 e. The Morgan fingerprint density at radius 3 is 2.27 bits per heavy atom. The Morgan fingerprint density at radius 1 is 0.909 bits per heavy atom. The fourth-order valence-corrected chi connectivity index (χ4v) is 2.41. The normalized spacial score (nSPS) is 10.5. The van der Waals surface area contributed by atoms with Crippen molar-refractivity contribution in [3.63, 3.8) is 0 Å². The lowest BCUT2D eigenvalue weighted by Crippen LogP contribution is -1.95. The monoisotopic (exact) mass is 408 g/mol. The van der Waals surface area contributed by atoms with E-state index in [0.717, 1.165) is 20.2 Å². The molecule has 5 nitrogen and oxygen atoms in total. The molecule has 0 aliphatic rings. The molecule has 112 valence electrons. The van der Waals surface area contributed by atoms with Crippen LogP contribution in [0.2, 0.25) is 0 Å². The number of hydrogen-bond donors (Lipinski definition) is 0. The number of ether oxygens (including phenoxy) is 3. The Morgan fingerprint density at radius 2 is 1.59 bits per heavy atom. The topological polar surface area (TPSA) is 53.5 Å². The van der Waals surface area contributed by atoms with E-state index in [4.69, 9.17) is 14.2 Å². The Balaban J connectivity index is 2.07. The van der Waals surface area contributed by atoms with Crippen LogP contribution in [-0.2, 0) is 0 Å². The van der Waals surface area contributed by atoms with Crippen molar-refractivity contribution < 1.29 is 14.2 Å². The Kier molecular flexibility index (Phi) is 4.28. The van der Waals surface area contributed by atoms with Crippen LogP contribution in [0.4, 0.5) is 0 Å². The van der Waals surface area contributed by atoms with Gasteiger partial charge in [0.15, 0.2) is 11.5 Å². The average molecular weight is 408 g/mol. The lowest BCUT2D eigenvalue weighted by Gasteiger charge is -2.11. The molecule has 0 amide bonds. The molecule has 0 unspecified atom stereocenters. The van der Waals surface area contributed by atoms with Gasteiger partial charge in [-0.3, -0.25) is 0 Å². The van der Waals surface area contributed by atoms with Crippen LogP contribution in [0.3, 0.4) is 0 Å². The van der Waals surface area contributed by atoms with Gasteiger partial charge in [-0.25, -0.2) is 9.97 Å². The van der Waals surface area contributed by atoms with Crippen LogP contribution in [-0.4, -0.2) is 24.2 Å². The molecule has 22 heavy (non-hydrogen) atoms. The van der Waals surface area contributed by atoms with Gasteiger partial charge in [-0.1, -0.05) is 0 Å². The maximum Gasteiger partial charge on any atom is 0.230 e. The quantitative estimate of drug-likeness (QED) is 0.610. The van der Waals surface area contributed by atoms with Crippen molar-refractivity contribution in [3.8, 4) is 23.1 Å². The van der Waals surface area contributed by atoms with Crippen molar-refractivity contribution in [3.05, 3.63) is 46.3 Å². The van der Waals surface area contributed by atoms with Crippen LogP contribution in [0.1, 0.15) is 0 Å². The molecule has 0 saturated carbocycles. The lowest BCUT2D eigenvalue weighted by molar-refractivity contribution is 0.355. The molecule has 0 fully saturated rings. The highest BCUT2D eigenvalue weighted by Gasteiger charge is 2.12. The molecular formula is C16H13IN2O3. The molecule has 0 saturated heterocycles. The molecule has 0 bridgehead atoms. The van der Waals surface area contributed by atoms with Crippen LogP contribution in [0.5, 0.6) is 23.1 Å². The van der Waals surface area contributed by atoms with E-state index in [-0.39, 0.29) is 0 Å². The summed E-state index contributed by atoms with van der Waals surface area (Å²) in [6.07, 6.45) is 1.47. The highest BCUT2D eigenvalue weighted by Crippen LogP contribution is 2.35. The predicted molar refractivity (Wildman–Crippen MR) is 91.9 cm³/mol. The highest BCUT2D eigenvalue weighted by molar-refractivity contribution is 14.1. The summed E-state index contributed by atoms with van der Waals surface area (Å²) in [5.41, 5.74) is 0.730.